The van der Waals surface area contributed by atoms with Crippen molar-refractivity contribution in [1.82, 2.24) is 10.2 Å². The molecule has 2 atom stereocenters. The molecule has 0 saturated carbocycles. The second-order valence-electron chi connectivity index (χ2n) is 4.50. The Hall–Kier alpha value is -0.650. The number of hydrogen-bond donors (Lipinski definition) is 2. The Kier molecular flexibility index (Phi) is 6.47. The van der Waals surface area contributed by atoms with Gasteiger partial charge in [0, 0.05) is 19.7 Å². The first-order valence-electron chi connectivity index (χ1n) is 6.54. The van der Waals surface area contributed by atoms with Crippen molar-refractivity contribution in [3.05, 3.63) is 0 Å². The zero-order valence-corrected chi connectivity index (χ0v) is 10.9. The van der Waals surface area contributed by atoms with Crippen LogP contribution >= 0.6 is 0 Å². The summed E-state index contributed by atoms with van der Waals surface area (Å²) < 4.78 is 5.61. The van der Waals surface area contributed by atoms with E-state index < -0.39 is 0 Å². The van der Waals surface area contributed by atoms with Gasteiger partial charge in [-0.25, -0.2) is 0 Å². The molecule has 5 nitrogen and oxygen atoms in total. The van der Waals surface area contributed by atoms with Gasteiger partial charge in [0.15, 0.2) is 0 Å². The summed E-state index contributed by atoms with van der Waals surface area (Å²) in [6.45, 7) is 8.17. The molecule has 100 valence electrons. The number of nitrogens with zero attached hydrogens (tertiary/aromatic N) is 1. The average molecular weight is 243 g/mol. The highest BCUT2D eigenvalue weighted by atomic mass is 16.5. The van der Waals surface area contributed by atoms with Gasteiger partial charge in [-0.15, -0.1) is 0 Å². The molecule has 17 heavy (non-hydrogen) atoms. The third-order valence-electron chi connectivity index (χ3n) is 3.17. The number of carbonyl (C=O) groups is 1. The van der Waals surface area contributed by atoms with Crippen LogP contribution in [0.5, 0.6) is 0 Å². The van der Waals surface area contributed by atoms with Gasteiger partial charge < -0.3 is 15.8 Å². The van der Waals surface area contributed by atoms with Gasteiger partial charge in [0.05, 0.1) is 12.1 Å². The third-order valence-corrected chi connectivity index (χ3v) is 3.17. The monoisotopic (exact) mass is 243 g/mol. The van der Waals surface area contributed by atoms with Crippen LogP contribution in [0.4, 0.5) is 0 Å². The quantitative estimate of drug-likeness (QED) is 0.627. The average Bonchev–Trinajstić information content (AvgIpc) is 2.79. The minimum Gasteiger partial charge on any atom is -0.377 e. The predicted octanol–water partition coefficient (Wildman–Crippen LogP) is -0.0493. The van der Waals surface area contributed by atoms with Crippen LogP contribution in [0.15, 0.2) is 0 Å². The lowest BCUT2D eigenvalue weighted by molar-refractivity contribution is -0.120. The van der Waals surface area contributed by atoms with E-state index in [9.17, 15) is 4.79 Å². The van der Waals surface area contributed by atoms with Gasteiger partial charge in [-0.05, 0) is 25.9 Å². The Labute approximate surface area is 104 Å². The zero-order valence-electron chi connectivity index (χ0n) is 10.9. The lowest BCUT2D eigenvalue weighted by atomic mass is 10.2. The number of carbonyl (C=O) groups excluding carboxylic acids is 1. The van der Waals surface area contributed by atoms with E-state index in [0.717, 1.165) is 39.1 Å². The normalized spacial score (nSPS) is 21.9. The summed E-state index contributed by atoms with van der Waals surface area (Å²) in [7, 11) is 0. The van der Waals surface area contributed by atoms with Crippen LogP contribution in [0.25, 0.3) is 0 Å². The number of nitrogens with one attached hydrogen (secondary N) is 1. The molecule has 0 aliphatic carbocycles. The van der Waals surface area contributed by atoms with Crippen molar-refractivity contribution >= 4 is 5.91 Å². The smallest absolute Gasteiger partial charge is 0.235 e. The fraction of sp³-hybridized carbons (Fsp3) is 0.917. The summed E-state index contributed by atoms with van der Waals surface area (Å²) in [6, 6.07) is -0.263. The van der Waals surface area contributed by atoms with Crippen molar-refractivity contribution in [3.63, 3.8) is 0 Å². The summed E-state index contributed by atoms with van der Waals surface area (Å²) in [6.07, 6.45) is 2.60. The van der Waals surface area contributed by atoms with Crippen molar-refractivity contribution in [2.75, 3.05) is 32.8 Å². The van der Waals surface area contributed by atoms with E-state index in [1.807, 2.05) is 6.92 Å². The lowest BCUT2D eigenvalue weighted by Gasteiger charge is -2.27. The SMILES string of the molecule is CCNC(CN(CC)CC1CCCO1)C(N)=O. The van der Waals surface area contributed by atoms with E-state index >= 15 is 0 Å². The Morgan fingerprint density at radius 2 is 2.35 bits per heavy atom. The number of hydrogen-bond acceptors (Lipinski definition) is 4. The van der Waals surface area contributed by atoms with E-state index in [1.54, 1.807) is 0 Å². The Bertz CT molecular complexity index is 230. The van der Waals surface area contributed by atoms with Gasteiger partial charge in [0.25, 0.3) is 0 Å². The first-order valence-corrected chi connectivity index (χ1v) is 6.54. The number of primary amides is 1. The van der Waals surface area contributed by atoms with Crippen LogP contribution in [-0.4, -0.2) is 55.7 Å². The van der Waals surface area contributed by atoms with Crippen molar-refractivity contribution in [2.45, 2.75) is 38.8 Å². The molecule has 1 heterocycles. The van der Waals surface area contributed by atoms with Crippen molar-refractivity contribution in [1.29, 1.82) is 0 Å². The molecule has 1 rings (SSSR count). The molecule has 3 N–H and O–H groups in total. The van der Waals surface area contributed by atoms with Crippen LogP contribution in [-0.2, 0) is 9.53 Å². The van der Waals surface area contributed by atoms with Gasteiger partial charge in [0.1, 0.15) is 0 Å². The number of nitrogens with two attached hydrogens (primary N) is 1. The number of rotatable bonds is 8. The maximum Gasteiger partial charge on any atom is 0.235 e. The molecule has 0 radical (unpaired) electrons. The van der Waals surface area contributed by atoms with Crippen LogP contribution in [0.1, 0.15) is 26.7 Å². The molecule has 5 heteroatoms. The maximum atomic E-state index is 11.3. The molecule has 0 bridgehead atoms. The third kappa shape index (κ3) is 5.02. The van der Waals surface area contributed by atoms with Crippen LogP contribution in [0.3, 0.4) is 0 Å². The van der Waals surface area contributed by atoms with Gasteiger partial charge in [0.2, 0.25) is 5.91 Å². The molecule has 1 amide bonds. The number of likely N-dealkylation sites (N-methyl/N-ethyl adjacent to an activating group) is 2. The minimum atomic E-state index is -0.280. The molecule has 1 aliphatic heterocycles. The highest BCUT2D eigenvalue weighted by Crippen LogP contribution is 2.13. The van der Waals surface area contributed by atoms with Gasteiger partial charge in [-0.3, -0.25) is 9.69 Å². The van der Waals surface area contributed by atoms with Crippen molar-refractivity contribution < 1.29 is 9.53 Å². The molecule has 1 aliphatic rings. The molecular weight excluding hydrogens is 218 g/mol. The van der Waals surface area contributed by atoms with Gasteiger partial charge >= 0.3 is 0 Å². The highest BCUT2D eigenvalue weighted by molar-refractivity contribution is 5.80. The fourth-order valence-corrected chi connectivity index (χ4v) is 2.17. The number of ether oxygens (including phenoxy) is 1. The Balaban J connectivity index is 2.39. The van der Waals surface area contributed by atoms with E-state index in [4.69, 9.17) is 10.5 Å². The van der Waals surface area contributed by atoms with Crippen molar-refractivity contribution in [3.8, 4) is 0 Å². The summed E-state index contributed by atoms with van der Waals surface area (Å²) in [4.78, 5) is 13.5. The molecular formula is C12H25N3O2. The lowest BCUT2D eigenvalue weighted by Crippen LogP contribution is -2.50. The van der Waals surface area contributed by atoms with E-state index in [2.05, 4.69) is 17.1 Å². The Morgan fingerprint density at radius 1 is 1.59 bits per heavy atom. The van der Waals surface area contributed by atoms with E-state index in [-0.39, 0.29) is 11.9 Å². The van der Waals surface area contributed by atoms with Crippen LogP contribution < -0.4 is 11.1 Å². The number of amides is 1. The van der Waals surface area contributed by atoms with Crippen LogP contribution in [0.2, 0.25) is 0 Å². The molecule has 1 fully saturated rings. The maximum absolute atomic E-state index is 11.3. The van der Waals surface area contributed by atoms with Crippen molar-refractivity contribution in [2.24, 2.45) is 5.73 Å². The molecule has 2 unspecified atom stereocenters. The van der Waals surface area contributed by atoms with E-state index in [1.165, 1.54) is 0 Å². The molecule has 0 aromatic carbocycles. The summed E-state index contributed by atoms with van der Waals surface area (Å²) in [5.74, 6) is -0.280. The molecule has 0 spiro atoms. The fourth-order valence-electron chi connectivity index (χ4n) is 2.17. The zero-order chi connectivity index (χ0) is 12.7. The minimum absolute atomic E-state index is 0.263. The summed E-state index contributed by atoms with van der Waals surface area (Å²) >= 11 is 0. The first kappa shape index (κ1) is 14.4. The molecule has 0 aromatic rings. The standard InChI is InChI=1S/C12H25N3O2/c1-3-14-11(12(13)16)9-15(4-2)8-10-6-5-7-17-10/h10-11,14H,3-9H2,1-2H3,(H2,13,16). The second kappa shape index (κ2) is 7.63. The first-order chi connectivity index (χ1) is 8.17. The highest BCUT2D eigenvalue weighted by Gasteiger charge is 2.22. The second-order valence-corrected chi connectivity index (χ2v) is 4.50. The molecule has 1 saturated heterocycles. The summed E-state index contributed by atoms with van der Waals surface area (Å²) in [5, 5.41) is 3.11. The molecule has 0 aromatic heterocycles. The Morgan fingerprint density at radius 3 is 2.82 bits per heavy atom. The predicted molar refractivity (Wildman–Crippen MR) is 67.7 cm³/mol. The van der Waals surface area contributed by atoms with Gasteiger partial charge in [-0.1, -0.05) is 13.8 Å². The van der Waals surface area contributed by atoms with E-state index in [0.29, 0.717) is 12.6 Å². The largest absolute Gasteiger partial charge is 0.377 e. The summed E-state index contributed by atoms with van der Waals surface area (Å²) in [5.41, 5.74) is 5.37. The topological polar surface area (TPSA) is 67.6 Å². The van der Waals surface area contributed by atoms with Gasteiger partial charge in [-0.2, -0.15) is 0 Å². The van der Waals surface area contributed by atoms with Crippen LogP contribution in [0, 0.1) is 0 Å².